The number of aromatic nitrogens is 1. The fourth-order valence-corrected chi connectivity index (χ4v) is 3.31. The van der Waals surface area contributed by atoms with E-state index >= 15 is 0 Å². The molecule has 0 aromatic carbocycles. The minimum absolute atomic E-state index is 0.256. The van der Waals surface area contributed by atoms with E-state index in [0.29, 0.717) is 12.6 Å². The predicted molar refractivity (Wildman–Crippen MR) is 82.0 cm³/mol. The Bertz CT molecular complexity index is 412. The summed E-state index contributed by atoms with van der Waals surface area (Å²) in [5, 5.41) is 0. The summed E-state index contributed by atoms with van der Waals surface area (Å²) >= 11 is 3.49. The zero-order valence-corrected chi connectivity index (χ0v) is 13.3. The molecule has 106 valence electrons. The number of likely N-dealkylation sites (N-methyl/N-ethyl adjacent to an activating group) is 1. The standard InChI is InChI=1S/C14H23BrN4/c1-11-10-18(2)4-3-5-19(11)14(7-16)12-6-13(15)9-17-8-12/h6,8-9,11,14H,3-5,7,10,16H2,1-2H3. The van der Waals surface area contributed by atoms with Crippen LogP contribution in [0, 0.1) is 0 Å². The first-order valence-corrected chi connectivity index (χ1v) is 7.66. The Morgan fingerprint density at radius 1 is 1.47 bits per heavy atom. The van der Waals surface area contributed by atoms with Crippen LogP contribution in [0.3, 0.4) is 0 Å². The molecule has 1 fully saturated rings. The third-order valence-corrected chi connectivity index (χ3v) is 4.27. The van der Waals surface area contributed by atoms with E-state index in [-0.39, 0.29) is 6.04 Å². The van der Waals surface area contributed by atoms with Crippen molar-refractivity contribution in [1.82, 2.24) is 14.8 Å². The Morgan fingerprint density at radius 3 is 2.95 bits per heavy atom. The van der Waals surface area contributed by atoms with Gasteiger partial charge in [0.25, 0.3) is 0 Å². The van der Waals surface area contributed by atoms with Crippen LogP contribution < -0.4 is 5.73 Å². The van der Waals surface area contributed by atoms with Gasteiger partial charge < -0.3 is 10.6 Å². The average Bonchev–Trinajstić information content (AvgIpc) is 2.52. The van der Waals surface area contributed by atoms with Gasteiger partial charge in [-0.05, 0) is 54.5 Å². The fourth-order valence-electron chi connectivity index (χ4n) is 2.93. The van der Waals surface area contributed by atoms with Crippen molar-refractivity contribution in [1.29, 1.82) is 0 Å². The van der Waals surface area contributed by atoms with E-state index in [1.54, 1.807) is 0 Å². The lowest BCUT2D eigenvalue weighted by atomic mass is 10.1. The van der Waals surface area contributed by atoms with Crippen molar-refractivity contribution >= 4 is 15.9 Å². The van der Waals surface area contributed by atoms with Crippen LogP contribution in [-0.4, -0.2) is 54.1 Å². The van der Waals surface area contributed by atoms with Gasteiger partial charge in [-0.15, -0.1) is 0 Å². The van der Waals surface area contributed by atoms with Gasteiger partial charge in [-0.3, -0.25) is 9.88 Å². The molecule has 19 heavy (non-hydrogen) atoms. The zero-order chi connectivity index (χ0) is 13.8. The van der Waals surface area contributed by atoms with Crippen molar-refractivity contribution in [2.24, 2.45) is 5.73 Å². The highest BCUT2D eigenvalue weighted by Crippen LogP contribution is 2.25. The maximum absolute atomic E-state index is 6.04. The average molecular weight is 327 g/mol. The molecule has 1 aliphatic heterocycles. The van der Waals surface area contributed by atoms with Gasteiger partial charge in [-0.25, -0.2) is 0 Å². The Hall–Kier alpha value is -0.490. The van der Waals surface area contributed by atoms with Gasteiger partial charge in [0.15, 0.2) is 0 Å². The van der Waals surface area contributed by atoms with Crippen LogP contribution in [0.5, 0.6) is 0 Å². The molecule has 1 saturated heterocycles. The van der Waals surface area contributed by atoms with Gasteiger partial charge in [-0.2, -0.15) is 0 Å². The van der Waals surface area contributed by atoms with E-state index in [0.717, 1.165) is 24.1 Å². The normalized spacial score (nSPS) is 24.1. The second kappa shape index (κ2) is 6.79. The van der Waals surface area contributed by atoms with Gasteiger partial charge >= 0.3 is 0 Å². The molecule has 2 rings (SSSR count). The zero-order valence-electron chi connectivity index (χ0n) is 11.7. The summed E-state index contributed by atoms with van der Waals surface area (Å²) in [5.74, 6) is 0. The molecule has 1 aliphatic rings. The van der Waals surface area contributed by atoms with Crippen molar-refractivity contribution in [3.63, 3.8) is 0 Å². The van der Waals surface area contributed by atoms with Gasteiger partial charge in [0, 0.05) is 48.6 Å². The first-order chi connectivity index (χ1) is 9.11. The monoisotopic (exact) mass is 326 g/mol. The van der Waals surface area contributed by atoms with Gasteiger partial charge in [0.05, 0.1) is 0 Å². The molecule has 2 atom stereocenters. The summed E-state index contributed by atoms with van der Waals surface area (Å²) < 4.78 is 1.02. The van der Waals surface area contributed by atoms with Crippen LogP contribution in [0.25, 0.3) is 0 Å². The van der Waals surface area contributed by atoms with E-state index in [2.05, 4.69) is 50.8 Å². The number of hydrogen-bond acceptors (Lipinski definition) is 4. The quantitative estimate of drug-likeness (QED) is 0.921. The van der Waals surface area contributed by atoms with E-state index in [9.17, 15) is 0 Å². The van der Waals surface area contributed by atoms with E-state index in [4.69, 9.17) is 5.73 Å². The fraction of sp³-hybridized carbons (Fsp3) is 0.643. The van der Waals surface area contributed by atoms with Crippen molar-refractivity contribution in [3.05, 3.63) is 28.5 Å². The van der Waals surface area contributed by atoms with E-state index < -0.39 is 0 Å². The van der Waals surface area contributed by atoms with Crippen molar-refractivity contribution in [2.75, 3.05) is 33.2 Å². The van der Waals surface area contributed by atoms with Gasteiger partial charge in [0.2, 0.25) is 0 Å². The number of hydrogen-bond donors (Lipinski definition) is 1. The summed E-state index contributed by atoms with van der Waals surface area (Å²) in [4.78, 5) is 9.19. The molecule has 0 amide bonds. The molecule has 1 aromatic heterocycles. The van der Waals surface area contributed by atoms with Crippen LogP contribution in [0.1, 0.15) is 24.9 Å². The molecule has 2 unspecified atom stereocenters. The summed E-state index contributed by atoms with van der Waals surface area (Å²) in [7, 11) is 2.19. The number of rotatable bonds is 3. The molecule has 0 spiro atoms. The lowest BCUT2D eigenvalue weighted by Gasteiger charge is -2.35. The maximum atomic E-state index is 6.04. The number of halogens is 1. The molecule has 0 radical (unpaired) electrons. The number of pyridine rings is 1. The van der Waals surface area contributed by atoms with Gasteiger partial charge in [0.1, 0.15) is 0 Å². The van der Waals surface area contributed by atoms with Crippen LogP contribution in [0.2, 0.25) is 0 Å². The highest BCUT2D eigenvalue weighted by atomic mass is 79.9. The first-order valence-electron chi connectivity index (χ1n) is 6.86. The molecule has 0 aliphatic carbocycles. The van der Waals surface area contributed by atoms with Gasteiger partial charge in [-0.1, -0.05) is 0 Å². The summed E-state index contributed by atoms with van der Waals surface area (Å²) in [6, 6.07) is 2.90. The van der Waals surface area contributed by atoms with Crippen molar-refractivity contribution in [2.45, 2.75) is 25.4 Å². The maximum Gasteiger partial charge on any atom is 0.0489 e. The summed E-state index contributed by atoms with van der Waals surface area (Å²) in [6.45, 7) is 6.27. The molecule has 4 nitrogen and oxygen atoms in total. The smallest absolute Gasteiger partial charge is 0.0489 e. The Balaban J connectivity index is 2.20. The highest BCUT2D eigenvalue weighted by molar-refractivity contribution is 9.10. The van der Waals surface area contributed by atoms with Crippen molar-refractivity contribution in [3.8, 4) is 0 Å². The minimum atomic E-state index is 0.256. The van der Waals surface area contributed by atoms with Crippen LogP contribution in [-0.2, 0) is 0 Å². The third kappa shape index (κ3) is 3.75. The van der Waals surface area contributed by atoms with Crippen LogP contribution in [0.4, 0.5) is 0 Å². The highest BCUT2D eigenvalue weighted by Gasteiger charge is 2.27. The molecule has 0 saturated carbocycles. The number of nitrogens with two attached hydrogens (primary N) is 1. The molecule has 1 aromatic rings. The summed E-state index contributed by atoms with van der Waals surface area (Å²) in [5.41, 5.74) is 7.24. The molecule has 5 heteroatoms. The summed E-state index contributed by atoms with van der Waals surface area (Å²) in [6.07, 6.45) is 4.94. The molecule has 2 N–H and O–H groups in total. The topological polar surface area (TPSA) is 45.4 Å². The Kier molecular flexibility index (Phi) is 5.33. The molecule has 2 heterocycles. The lowest BCUT2D eigenvalue weighted by Crippen LogP contribution is -2.43. The van der Waals surface area contributed by atoms with E-state index in [1.165, 1.54) is 12.0 Å². The SMILES string of the molecule is CC1CN(C)CCCN1C(CN)c1cncc(Br)c1. The molecular weight excluding hydrogens is 304 g/mol. The van der Waals surface area contributed by atoms with Crippen LogP contribution in [0.15, 0.2) is 22.9 Å². The van der Waals surface area contributed by atoms with Crippen molar-refractivity contribution < 1.29 is 0 Å². The predicted octanol–water partition coefficient (Wildman–Crippen LogP) is 1.87. The minimum Gasteiger partial charge on any atom is -0.329 e. The van der Waals surface area contributed by atoms with E-state index in [1.807, 2.05) is 12.4 Å². The Labute approximate surface area is 124 Å². The Morgan fingerprint density at radius 2 is 2.26 bits per heavy atom. The van der Waals surface area contributed by atoms with Crippen LogP contribution >= 0.6 is 15.9 Å². The number of nitrogens with zero attached hydrogens (tertiary/aromatic N) is 3. The lowest BCUT2D eigenvalue weighted by molar-refractivity contribution is 0.146. The second-order valence-electron chi connectivity index (χ2n) is 5.39. The third-order valence-electron chi connectivity index (χ3n) is 3.83. The molecular formula is C14H23BrN4. The second-order valence-corrected chi connectivity index (χ2v) is 6.31. The molecule has 0 bridgehead atoms. The first kappa shape index (κ1) is 14.9. The largest absolute Gasteiger partial charge is 0.329 e.